The molecule has 42 heavy (non-hydrogen) atoms. The van der Waals surface area contributed by atoms with Crippen LogP contribution in [0.4, 0.5) is 0 Å². The van der Waals surface area contributed by atoms with Crippen LogP contribution >= 0.6 is 0 Å². The van der Waals surface area contributed by atoms with Crippen molar-refractivity contribution in [3.05, 3.63) is 11.6 Å². The van der Waals surface area contributed by atoms with E-state index in [9.17, 15) is 24.6 Å². The molecule has 3 saturated carbocycles. The number of rotatable bonds is 7. The summed E-state index contributed by atoms with van der Waals surface area (Å²) in [5.74, 6) is 2.29. The minimum atomic E-state index is -1.02. The standard InChI is InChI=1S/C33H47N3O6/c1-6-33(41)16-13-25-23-10-9-21-18-22(11-14-31(21,4)24(23)12-15-32(25,33)5)35-42-19-27(37)34-28(20(2)3)29(38)36-17-7-8-26(36)30(39)40/h1,18,20,23-26,28,41H,7-17,19H2,2-5H3,(H,34,37)(H,39,40). The number of hydrogen-bond donors (Lipinski definition) is 3. The van der Waals surface area contributed by atoms with Gasteiger partial charge in [-0.15, -0.1) is 6.42 Å². The maximum Gasteiger partial charge on any atom is 0.326 e. The highest BCUT2D eigenvalue weighted by Gasteiger charge is 2.63. The average Bonchev–Trinajstić information content (AvgIpc) is 3.55. The van der Waals surface area contributed by atoms with Gasteiger partial charge in [0.15, 0.2) is 6.61 Å². The van der Waals surface area contributed by atoms with E-state index < -0.39 is 29.6 Å². The van der Waals surface area contributed by atoms with Crippen molar-refractivity contribution in [3.63, 3.8) is 0 Å². The van der Waals surface area contributed by atoms with E-state index >= 15 is 0 Å². The van der Waals surface area contributed by atoms with Crippen molar-refractivity contribution in [2.75, 3.05) is 13.2 Å². The normalized spacial score (nSPS) is 39.0. The molecule has 1 heterocycles. The molecule has 9 heteroatoms. The predicted molar refractivity (Wildman–Crippen MR) is 158 cm³/mol. The second-order valence-electron chi connectivity index (χ2n) is 14.2. The van der Waals surface area contributed by atoms with Crippen molar-refractivity contribution < 1.29 is 29.4 Å². The molecule has 0 bridgehead atoms. The Kier molecular flexibility index (Phi) is 8.25. The highest BCUT2D eigenvalue weighted by atomic mass is 16.6. The molecule has 4 fully saturated rings. The Hall–Kier alpha value is -2.86. The zero-order chi connectivity index (χ0) is 30.4. The molecule has 3 N–H and O–H groups in total. The lowest BCUT2D eigenvalue weighted by Gasteiger charge is -2.58. The minimum Gasteiger partial charge on any atom is -0.480 e. The lowest BCUT2D eigenvalue weighted by molar-refractivity contribution is -0.150. The molecule has 0 aromatic carbocycles. The summed E-state index contributed by atoms with van der Waals surface area (Å²) in [6, 6.07) is -1.67. The van der Waals surface area contributed by atoms with Gasteiger partial charge in [0.05, 0.1) is 5.71 Å². The van der Waals surface area contributed by atoms with Crippen LogP contribution in [0, 0.1) is 46.8 Å². The first kappa shape index (κ1) is 30.6. The van der Waals surface area contributed by atoms with Gasteiger partial charge in [-0.3, -0.25) is 9.59 Å². The van der Waals surface area contributed by atoms with E-state index in [0.717, 1.165) is 50.7 Å². The van der Waals surface area contributed by atoms with Gasteiger partial charge in [0, 0.05) is 12.0 Å². The van der Waals surface area contributed by atoms with E-state index in [1.54, 1.807) is 0 Å². The molecule has 5 rings (SSSR count). The van der Waals surface area contributed by atoms with E-state index in [-0.39, 0.29) is 29.3 Å². The van der Waals surface area contributed by atoms with Gasteiger partial charge in [-0.05, 0) is 99.4 Å². The molecule has 2 amide bonds. The zero-order valence-electron chi connectivity index (χ0n) is 25.5. The third kappa shape index (κ3) is 5.04. The third-order valence-corrected chi connectivity index (χ3v) is 11.8. The van der Waals surface area contributed by atoms with Crippen LogP contribution in [0.1, 0.15) is 91.9 Å². The molecule has 9 nitrogen and oxygen atoms in total. The van der Waals surface area contributed by atoms with Gasteiger partial charge < -0.3 is 25.3 Å². The van der Waals surface area contributed by atoms with Gasteiger partial charge in [0.25, 0.3) is 5.91 Å². The van der Waals surface area contributed by atoms with E-state index in [0.29, 0.717) is 43.6 Å². The number of carbonyl (C=O) groups excluding carboxylic acids is 2. The number of carboxylic acid groups (broad SMARTS) is 1. The van der Waals surface area contributed by atoms with Crippen molar-refractivity contribution >= 4 is 23.5 Å². The molecule has 4 aliphatic carbocycles. The van der Waals surface area contributed by atoms with E-state index in [1.165, 1.54) is 10.5 Å². The van der Waals surface area contributed by atoms with Crippen molar-refractivity contribution in [1.29, 1.82) is 0 Å². The Bertz CT molecular complexity index is 1220. The van der Waals surface area contributed by atoms with Gasteiger partial charge in [-0.25, -0.2) is 4.79 Å². The molecule has 0 spiro atoms. The summed E-state index contributed by atoms with van der Waals surface area (Å²) >= 11 is 0. The van der Waals surface area contributed by atoms with Crippen molar-refractivity contribution in [2.45, 2.75) is 110 Å². The second-order valence-corrected chi connectivity index (χ2v) is 14.2. The van der Waals surface area contributed by atoms with Crippen molar-refractivity contribution in [2.24, 2.45) is 39.7 Å². The third-order valence-electron chi connectivity index (χ3n) is 11.8. The Morgan fingerprint density at radius 3 is 2.57 bits per heavy atom. The molecule has 0 aromatic rings. The number of carbonyl (C=O) groups is 3. The average molecular weight is 582 g/mol. The Morgan fingerprint density at radius 1 is 1.14 bits per heavy atom. The number of allylic oxidation sites excluding steroid dienone is 2. The van der Waals surface area contributed by atoms with Crippen molar-refractivity contribution in [3.8, 4) is 12.3 Å². The van der Waals surface area contributed by atoms with E-state index in [4.69, 9.17) is 11.3 Å². The van der Waals surface area contributed by atoms with Gasteiger partial charge in [0.1, 0.15) is 17.7 Å². The molecule has 5 aliphatic rings. The molecule has 8 atom stereocenters. The van der Waals surface area contributed by atoms with Crippen LogP contribution < -0.4 is 5.32 Å². The molecular formula is C33H47N3O6. The number of hydrogen-bond acceptors (Lipinski definition) is 6. The second kappa shape index (κ2) is 11.3. The summed E-state index contributed by atoms with van der Waals surface area (Å²) in [6.07, 6.45) is 16.6. The molecule has 230 valence electrons. The van der Waals surface area contributed by atoms with Crippen LogP contribution in [-0.2, 0) is 19.2 Å². The number of nitrogens with one attached hydrogen (secondary N) is 1. The first-order chi connectivity index (χ1) is 19.8. The topological polar surface area (TPSA) is 129 Å². The van der Waals surface area contributed by atoms with Crippen LogP contribution in [-0.4, -0.2) is 69.4 Å². The van der Waals surface area contributed by atoms with Crippen LogP contribution in [0.3, 0.4) is 0 Å². The van der Waals surface area contributed by atoms with Crippen LogP contribution in [0.25, 0.3) is 0 Å². The van der Waals surface area contributed by atoms with E-state index in [1.807, 2.05) is 13.8 Å². The van der Waals surface area contributed by atoms with Crippen LogP contribution in [0.2, 0.25) is 0 Å². The number of amides is 2. The molecule has 8 unspecified atom stereocenters. The monoisotopic (exact) mass is 581 g/mol. The quantitative estimate of drug-likeness (QED) is 0.309. The largest absolute Gasteiger partial charge is 0.480 e. The first-order valence-electron chi connectivity index (χ1n) is 15.8. The zero-order valence-corrected chi connectivity index (χ0v) is 25.5. The predicted octanol–water partition coefficient (Wildman–Crippen LogP) is 3.90. The Balaban J connectivity index is 1.19. The number of nitrogens with zero attached hydrogens (tertiary/aromatic N) is 2. The summed E-state index contributed by atoms with van der Waals surface area (Å²) in [5, 5.41) is 27.7. The number of carboxylic acids is 1. The minimum absolute atomic E-state index is 0.0890. The van der Waals surface area contributed by atoms with E-state index in [2.05, 4.69) is 36.3 Å². The van der Waals surface area contributed by atoms with Gasteiger partial charge in [-0.2, -0.15) is 0 Å². The summed E-state index contributed by atoms with van der Waals surface area (Å²) in [5.41, 5.74) is 1.12. The molecule has 1 aliphatic heterocycles. The molecule has 1 saturated heterocycles. The lowest BCUT2D eigenvalue weighted by atomic mass is 9.46. The fraction of sp³-hybridized carbons (Fsp3) is 0.758. The highest BCUT2D eigenvalue weighted by molar-refractivity contribution is 5.96. The fourth-order valence-corrected chi connectivity index (χ4v) is 9.26. The number of oxime groups is 1. The Labute approximate surface area is 249 Å². The summed E-state index contributed by atoms with van der Waals surface area (Å²) in [6.45, 7) is 8.32. The molecule has 0 aromatic heterocycles. The van der Waals surface area contributed by atoms with Gasteiger partial charge in [0.2, 0.25) is 5.91 Å². The number of fused-ring (bicyclic) bond motifs is 5. The fourth-order valence-electron chi connectivity index (χ4n) is 9.26. The maximum absolute atomic E-state index is 13.1. The van der Waals surface area contributed by atoms with Crippen molar-refractivity contribution in [1.82, 2.24) is 10.2 Å². The van der Waals surface area contributed by atoms with Crippen LogP contribution in [0.15, 0.2) is 16.8 Å². The highest BCUT2D eigenvalue weighted by Crippen LogP contribution is 2.67. The van der Waals surface area contributed by atoms with Gasteiger partial charge >= 0.3 is 5.97 Å². The number of aliphatic hydroxyl groups is 1. The van der Waals surface area contributed by atoms with Gasteiger partial charge in [-0.1, -0.05) is 44.3 Å². The summed E-state index contributed by atoms with van der Waals surface area (Å²) in [4.78, 5) is 44.2. The smallest absolute Gasteiger partial charge is 0.326 e. The number of aliphatic carboxylic acids is 1. The number of terminal acetylenes is 1. The molecular weight excluding hydrogens is 534 g/mol. The Morgan fingerprint density at radius 2 is 1.88 bits per heavy atom. The summed E-state index contributed by atoms with van der Waals surface area (Å²) in [7, 11) is 0. The van der Waals surface area contributed by atoms with Crippen LogP contribution in [0.5, 0.6) is 0 Å². The first-order valence-corrected chi connectivity index (χ1v) is 15.8. The summed E-state index contributed by atoms with van der Waals surface area (Å²) < 4.78 is 0. The lowest BCUT2D eigenvalue weighted by Crippen LogP contribution is -2.54. The SMILES string of the molecule is C#CC1(O)CCC2C3CCC4=CC(=NOCC(=O)NC(C(=O)N5CCCC5C(=O)O)C(C)C)CCC4(C)C3CCC21C. The maximum atomic E-state index is 13.1. The molecule has 0 radical (unpaired) electrons. The number of likely N-dealkylation sites (tertiary alicyclic amines) is 1.